The molecule has 1 amide bonds. The van der Waals surface area contributed by atoms with E-state index in [-0.39, 0.29) is 18.3 Å². The maximum absolute atomic E-state index is 12.3. The summed E-state index contributed by atoms with van der Waals surface area (Å²) >= 11 is 0. The van der Waals surface area contributed by atoms with Gasteiger partial charge in [0.15, 0.2) is 0 Å². The third kappa shape index (κ3) is 9.19. The van der Waals surface area contributed by atoms with Gasteiger partial charge in [0.05, 0.1) is 13.5 Å². The number of ether oxygens (including phenoxy) is 1. The highest BCUT2D eigenvalue weighted by Gasteiger charge is 2.26. The smallest absolute Gasteiger partial charge is 0.328 e. The molecule has 1 rings (SSSR count). The van der Waals surface area contributed by atoms with Crippen molar-refractivity contribution in [3.05, 3.63) is 35.9 Å². The number of carboxylic acid groups (broad SMARTS) is 1. The Morgan fingerprint density at radius 1 is 1.11 bits per heavy atom. The Labute approximate surface area is 160 Å². The molecule has 3 N–H and O–H groups in total. The minimum absolute atomic E-state index is 0.0595. The van der Waals surface area contributed by atoms with Gasteiger partial charge in [0, 0.05) is 6.42 Å². The second kappa shape index (κ2) is 10.7. The number of hydrogen-bond acceptors (Lipinski definition) is 5. The number of carbonyl (C=O) groups is 3. The number of aliphatic carboxylic acids is 1. The molecule has 1 aromatic rings. The average molecular weight is 378 g/mol. The summed E-state index contributed by atoms with van der Waals surface area (Å²) in [7, 11) is 1.25. The van der Waals surface area contributed by atoms with Crippen molar-refractivity contribution in [2.24, 2.45) is 5.41 Å². The van der Waals surface area contributed by atoms with Crippen molar-refractivity contribution in [1.29, 1.82) is 0 Å². The third-order valence-corrected chi connectivity index (χ3v) is 4.06. The van der Waals surface area contributed by atoms with Crippen LogP contribution in [0.25, 0.3) is 0 Å². The molecule has 0 unspecified atom stereocenters. The zero-order chi connectivity index (χ0) is 20.4. The molecule has 0 aliphatic carbocycles. The third-order valence-electron chi connectivity index (χ3n) is 4.06. The first-order chi connectivity index (χ1) is 12.6. The summed E-state index contributed by atoms with van der Waals surface area (Å²) in [4.78, 5) is 35.7. The molecule has 0 saturated heterocycles. The molecule has 0 fully saturated rings. The zero-order valence-corrected chi connectivity index (χ0v) is 16.5. The van der Waals surface area contributed by atoms with Crippen LogP contribution in [0.2, 0.25) is 0 Å². The first-order valence-electron chi connectivity index (χ1n) is 8.99. The number of methoxy groups -OCH3 is 1. The lowest BCUT2D eigenvalue weighted by molar-refractivity contribution is -0.145. The summed E-state index contributed by atoms with van der Waals surface area (Å²) in [5, 5.41) is 14.8. The normalized spacial score (nSPS) is 13.5. The van der Waals surface area contributed by atoms with Gasteiger partial charge in [0.1, 0.15) is 12.1 Å². The molecular formula is C20H30N2O5. The molecule has 0 heterocycles. The Morgan fingerprint density at radius 2 is 1.74 bits per heavy atom. The second-order valence-corrected chi connectivity index (χ2v) is 7.69. The predicted octanol–water partition coefficient (Wildman–Crippen LogP) is 1.76. The van der Waals surface area contributed by atoms with Crippen molar-refractivity contribution >= 4 is 17.8 Å². The lowest BCUT2D eigenvalue weighted by Crippen LogP contribution is -2.47. The van der Waals surface area contributed by atoms with Crippen LogP contribution in [0.1, 0.15) is 39.2 Å². The first-order valence-corrected chi connectivity index (χ1v) is 8.99. The highest BCUT2D eigenvalue weighted by Crippen LogP contribution is 2.17. The molecule has 1 aromatic carbocycles. The summed E-state index contributed by atoms with van der Waals surface area (Å²) < 4.78 is 4.75. The molecule has 0 saturated carbocycles. The van der Waals surface area contributed by atoms with E-state index in [9.17, 15) is 19.5 Å². The highest BCUT2D eigenvalue weighted by atomic mass is 16.5. The van der Waals surface area contributed by atoms with E-state index in [0.29, 0.717) is 6.54 Å². The van der Waals surface area contributed by atoms with E-state index in [2.05, 4.69) is 31.4 Å². The molecule has 0 spiro atoms. The number of nitrogens with one attached hydrogen (secondary N) is 2. The summed E-state index contributed by atoms with van der Waals surface area (Å²) in [6.07, 6.45) is 0.785. The minimum Gasteiger partial charge on any atom is -0.480 e. The van der Waals surface area contributed by atoms with Gasteiger partial charge in [-0.15, -0.1) is 0 Å². The van der Waals surface area contributed by atoms with E-state index < -0.39 is 29.9 Å². The molecule has 7 nitrogen and oxygen atoms in total. The molecule has 27 heavy (non-hydrogen) atoms. The number of rotatable bonds is 10. The van der Waals surface area contributed by atoms with Gasteiger partial charge in [-0.25, -0.2) is 4.79 Å². The topological polar surface area (TPSA) is 105 Å². The number of esters is 1. The Balaban J connectivity index is 2.66. The average Bonchev–Trinajstić information content (AvgIpc) is 2.59. The summed E-state index contributed by atoms with van der Waals surface area (Å²) in [6.45, 7) is 6.66. The van der Waals surface area contributed by atoms with E-state index in [1.165, 1.54) is 7.11 Å². The number of hydrogen-bond donors (Lipinski definition) is 3. The van der Waals surface area contributed by atoms with Crippen molar-refractivity contribution < 1.29 is 24.2 Å². The van der Waals surface area contributed by atoms with Crippen molar-refractivity contribution in [1.82, 2.24) is 10.6 Å². The first kappa shape index (κ1) is 22.6. The Kier molecular flexibility index (Phi) is 8.94. The number of carboxylic acids is 1. The van der Waals surface area contributed by atoms with Crippen molar-refractivity contribution in [3.63, 3.8) is 0 Å². The summed E-state index contributed by atoms with van der Waals surface area (Å²) in [5.74, 6) is -2.19. The van der Waals surface area contributed by atoms with Gasteiger partial charge in [-0.1, -0.05) is 51.1 Å². The molecule has 0 radical (unpaired) electrons. The van der Waals surface area contributed by atoms with Crippen molar-refractivity contribution in [2.75, 3.05) is 13.7 Å². The van der Waals surface area contributed by atoms with E-state index in [1.807, 2.05) is 30.3 Å². The molecule has 0 aliphatic rings. The van der Waals surface area contributed by atoms with Crippen LogP contribution in [0.3, 0.4) is 0 Å². The van der Waals surface area contributed by atoms with Crippen LogP contribution in [0.5, 0.6) is 0 Å². The van der Waals surface area contributed by atoms with Crippen LogP contribution in [-0.4, -0.2) is 48.7 Å². The molecule has 0 aromatic heterocycles. The molecule has 150 valence electrons. The fourth-order valence-electron chi connectivity index (χ4n) is 2.49. The molecule has 0 bridgehead atoms. The fraction of sp³-hybridized carbons (Fsp3) is 0.550. The molecular weight excluding hydrogens is 348 g/mol. The van der Waals surface area contributed by atoms with Crippen LogP contribution in [0.4, 0.5) is 0 Å². The lowest BCUT2D eigenvalue weighted by Gasteiger charge is -2.21. The van der Waals surface area contributed by atoms with E-state index in [1.54, 1.807) is 0 Å². The number of carbonyl (C=O) groups excluding carboxylic acids is 2. The quantitative estimate of drug-likeness (QED) is 0.536. The second-order valence-electron chi connectivity index (χ2n) is 7.69. The molecule has 7 heteroatoms. The van der Waals surface area contributed by atoms with Crippen molar-refractivity contribution in [2.45, 2.75) is 52.1 Å². The van der Waals surface area contributed by atoms with Gasteiger partial charge in [-0.3, -0.25) is 9.59 Å². The van der Waals surface area contributed by atoms with Crippen LogP contribution in [0.15, 0.2) is 30.3 Å². The maximum Gasteiger partial charge on any atom is 0.328 e. The monoisotopic (exact) mass is 378 g/mol. The number of amides is 1. The van der Waals surface area contributed by atoms with Gasteiger partial charge in [-0.2, -0.15) is 0 Å². The number of benzene rings is 1. The predicted molar refractivity (Wildman–Crippen MR) is 102 cm³/mol. The molecule has 2 atom stereocenters. The van der Waals surface area contributed by atoms with Crippen LogP contribution in [-0.2, 0) is 25.5 Å². The van der Waals surface area contributed by atoms with Gasteiger partial charge >= 0.3 is 11.9 Å². The fourth-order valence-corrected chi connectivity index (χ4v) is 2.49. The lowest BCUT2D eigenvalue weighted by atomic mass is 9.92. The van der Waals surface area contributed by atoms with E-state index >= 15 is 0 Å². The standard InChI is InChI=1S/C20H30N2O5/c1-20(2,3)10-11-21-15(18(24)25)13-17(23)22-16(19(26)27-4)12-14-8-6-5-7-9-14/h5-9,15-16,21H,10-13H2,1-4H3,(H,22,23)(H,24,25)/t15-,16-/m0/s1. The minimum atomic E-state index is -1.10. The van der Waals surface area contributed by atoms with Crippen LogP contribution in [0, 0.1) is 5.41 Å². The van der Waals surface area contributed by atoms with E-state index in [0.717, 1.165) is 12.0 Å². The van der Waals surface area contributed by atoms with Gasteiger partial charge in [-0.05, 0) is 23.9 Å². The highest BCUT2D eigenvalue weighted by molar-refractivity contribution is 5.88. The van der Waals surface area contributed by atoms with Gasteiger partial charge in [0.2, 0.25) is 5.91 Å². The Hall–Kier alpha value is -2.41. The van der Waals surface area contributed by atoms with Gasteiger partial charge in [0.25, 0.3) is 0 Å². The SMILES string of the molecule is COC(=O)[C@H](Cc1ccccc1)NC(=O)C[C@H](NCCC(C)(C)C)C(=O)O. The zero-order valence-electron chi connectivity index (χ0n) is 16.5. The maximum atomic E-state index is 12.3. The Bertz CT molecular complexity index is 625. The van der Waals surface area contributed by atoms with Crippen LogP contribution < -0.4 is 10.6 Å². The van der Waals surface area contributed by atoms with Crippen molar-refractivity contribution in [3.8, 4) is 0 Å². The summed E-state index contributed by atoms with van der Waals surface area (Å²) in [6, 6.07) is 7.34. The van der Waals surface area contributed by atoms with Crippen LogP contribution >= 0.6 is 0 Å². The van der Waals surface area contributed by atoms with E-state index in [4.69, 9.17) is 4.74 Å². The molecule has 0 aliphatic heterocycles. The van der Waals surface area contributed by atoms with Gasteiger partial charge < -0.3 is 20.5 Å². The summed E-state index contributed by atoms with van der Waals surface area (Å²) in [5.41, 5.74) is 0.926. The largest absolute Gasteiger partial charge is 0.480 e. The Morgan fingerprint density at radius 3 is 2.26 bits per heavy atom.